The van der Waals surface area contributed by atoms with E-state index in [2.05, 4.69) is 61.3 Å². The standard InChI is InChI=1S/C17H29NS/c1-3-14-18-17(16-11-7-5-8-12-16)13-9-6-10-15-19-4-2/h5,7-8,11-12,17-18H,3-4,6,9-10,13-15H2,1-2H3. The van der Waals surface area contributed by atoms with Crippen LogP contribution in [0.1, 0.15) is 57.6 Å². The zero-order valence-electron chi connectivity index (χ0n) is 12.5. The highest BCUT2D eigenvalue weighted by Crippen LogP contribution is 2.20. The smallest absolute Gasteiger partial charge is 0.0320 e. The summed E-state index contributed by atoms with van der Waals surface area (Å²) in [5.74, 6) is 2.58. The third-order valence-corrected chi connectivity index (χ3v) is 4.31. The first-order valence-corrected chi connectivity index (χ1v) is 8.90. The molecule has 1 unspecified atom stereocenters. The molecule has 0 amide bonds. The largest absolute Gasteiger partial charge is 0.310 e. The molecule has 1 aromatic carbocycles. The summed E-state index contributed by atoms with van der Waals surface area (Å²) in [5.41, 5.74) is 1.44. The molecule has 0 aliphatic carbocycles. The van der Waals surface area contributed by atoms with E-state index >= 15 is 0 Å². The molecule has 0 saturated heterocycles. The molecule has 0 saturated carbocycles. The van der Waals surface area contributed by atoms with Crippen molar-refractivity contribution in [1.29, 1.82) is 0 Å². The summed E-state index contributed by atoms with van der Waals surface area (Å²) in [5, 5.41) is 3.68. The molecule has 0 aromatic heterocycles. The second-order valence-electron chi connectivity index (χ2n) is 4.96. The van der Waals surface area contributed by atoms with Crippen molar-refractivity contribution < 1.29 is 0 Å². The van der Waals surface area contributed by atoms with Crippen molar-refractivity contribution in [1.82, 2.24) is 5.32 Å². The van der Waals surface area contributed by atoms with Gasteiger partial charge in [0, 0.05) is 6.04 Å². The lowest BCUT2D eigenvalue weighted by Crippen LogP contribution is -2.22. The van der Waals surface area contributed by atoms with E-state index in [4.69, 9.17) is 0 Å². The Morgan fingerprint density at radius 1 is 1.05 bits per heavy atom. The SMILES string of the molecule is CCCNC(CCCCCSCC)c1ccccc1. The van der Waals surface area contributed by atoms with Gasteiger partial charge in [-0.15, -0.1) is 0 Å². The third-order valence-electron chi connectivity index (χ3n) is 3.33. The monoisotopic (exact) mass is 279 g/mol. The second kappa shape index (κ2) is 11.4. The van der Waals surface area contributed by atoms with Gasteiger partial charge >= 0.3 is 0 Å². The Balaban J connectivity index is 2.30. The van der Waals surface area contributed by atoms with Crippen LogP contribution in [-0.2, 0) is 0 Å². The number of hydrogen-bond acceptors (Lipinski definition) is 2. The lowest BCUT2D eigenvalue weighted by Gasteiger charge is -2.19. The maximum absolute atomic E-state index is 3.68. The van der Waals surface area contributed by atoms with Crippen LogP contribution in [0.25, 0.3) is 0 Å². The quantitative estimate of drug-likeness (QED) is 0.569. The van der Waals surface area contributed by atoms with Gasteiger partial charge in [-0.05, 0) is 42.9 Å². The number of hydrogen-bond donors (Lipinski definition) is 1. The molecule has 19 heavy (non-hydrogen) atoms. The molecule has 0 radical (unpaired) electrons. The Bertz CT molecular complexity index is 299. The van der Waals surface area contributed by atoms with Crippen molar-refractivity contribution in [3.8, 4) is 0 Å². The van der Waals surface area contributed by atoms with E-state index in [9.17, 15) is 0 Å². The lowest BCUT2D eigenvalue weighted by molar-refractivity contribution is 0.475. The second-order valence-corrected chi connectivity index (χ2v) is 6.36. The molecule has 1 atom stereocenters. The molecule has 1 N–H and O–H groups in total. The minimum Gasteiger partial charge on any atom is -0.310 e. The van der Waals surface area contributed by atoms with E-state index < -0.39 is 0 Å². The van der Waals surface area contributed by atoms with Gasteiger partial charge in [0.25, 0.3) is 0 Å². The first-order valence-electron chi connectivity index (χ1n) is 7.74. The first-order chi connectivity index (χ1) is 9.38. The van der Waals surface area contributed by atoms with Crippen LogP contribution < -0.4 is 5.32 Å². The average Bonchev–Trinajstić information content (AvgIpc) is 2.46. The van der Waals surface area contributed by atoms with Crippen molar-refractivity contribution in [2.24, 2.45) is 0 Å². The molecule has 0 spiro atoms. The van der Waals surface area contributed by atoms with Crippen LogP contribution in [0.2, 0.25) is 0 Å². The van der Waals surface area contributed by atoms with Gasteiger partial charge in [0.15, 0.2) is 0 Å². The van der Waals surface area contributed by atoms with Crippen LogP contribution in [-0.4, -0.2) is 18.1 Å². The van der Waals surface area contributed by atoms with Gasteiger partial charge in [-0.25, -0.2) is 0 Å². The fourth-order valence-corrected chi connectivity index (χ4v) is 2.96. The maximum atomic E-state index is 3.68. The normalized spacial score (nSPS) is 12.5. The van der Waals surface area contributed by atoms with E-state index in [1.807, 2.05) is 0 Å². The summed E-state index contributed by atoms with van der Waals surface area (Å²) in [7, 11) is 0. The number of nitrogens with one attached hydrogen (secondary N) is 1. The Morgan fingerprint density at radius 2 is 1.84 bits per heavy atom. The van der Waals surface area contributed by atoms with E-state index in [1.54, 1.807) is 0 Å². The van der Waals surface area contributed by atoms with Gasteiger partial charge in [-0.2, -0.15) is 11.8 Å². The highest BCUT2D eigenvalue weighted by atomic mass is 32.2. The number of thioether (sulfide) groups is 1. The predicted molar refractivity (Wildman–Crippen MR) is 88.9 cm³/mol. The van der Waals surface area contributed by atoms with Crippen molar-refractivity contribution in [3.63, 3.8) is 0 Å². The molecule has 0 fully saturated rings. The van der Waals surface area contributed by atoms with Gasteiger partial charge in [-0.1, -0.05) is 57.0 Å². The zero-order chi connectivity index (χ0) is 13.8. The van der Waals surface area contributed by atoms with Crippen LogP contribution in [0.4, 0.5) is 0 Å². The fourth-order valence-electron chi connectivity index (χ4n) is 2.26. The predicted octanol–water partition coefficient (Wildman–Crippen LogP) is 5.04. The molecular formula is C17H29NS. The summed E-state index contributed by atoms with van der Waals surface area (Å²) in [6.07, 6.45) is 6.54. The van der Waals surface area contributed by atoms with Crippen LogP contribution in [0, 0.1) is 0 Å². The van der Waals surface area contributed by atoms with E-state index in [-0.39, 0.29) is 0 Å². The number of benzene rings is 1. The summed E-state index contributed by atoms with van der Waals surface area (Å²) >= 11 is 2.06. The van der Waals surface area contributed by atoms with Crippen molar-refractivity contribution in [3.05, 3.63) is 35.9 Å². The van der Waals surface area contributed by atoms with Crippen LogP contribution >= 0.6 is 11.8 Å². The molecule has 0 bridgehead atoms. The van der Waals surface area contributed by atoms with Gasteiger partial charge in [0.1, 0.15) is 0 Å². The Morgan fingerprint density at radius 3 is 2.53 bits per heavy atom. The van der Waals surface area contributed by atoms with Crippen molar-refractivity contribution in [2.75, 3.05) is 18.1 Å². The highest BCUT2D eigenvalue weighted by Gasteiger charge is 2.09. The first kappa shape index (κ1) is 16.6. The van der Waals surface area contributed by atoms with Crippen LogP contribution in [0.5, 0.6) is 0 Å². The van der Waals surface area contributed by atoms with Crippen LogP contribution in [0.3, 0.4) is 0 Å². The Labute approximate surface area is 123 Å². The molecular weight excluding hydrogens is 250 g/mol. The van der Waals surface area contributed by atoms with Gasteiger partial charge in [0.2, 0.25) is 0 Å². The number of rotatable bonds is 11. The zero-order valence-corrected chi connectivity index (χ0v) is 13.3. The molecule has 1 nitrogen and oxygen atoms in total. The molecule has 0 aliphatic heterocycles. The van der Waals surface area contributed by atoms with Crippen molar-refractivity contribution >= 4 is 11.8 Å². The molecule has 108 valence electrons. The van der Waals surface area contributed by atoms with E-state index in [0.717, 1.165) is 6.54 Å². The minimum atomic E-state index is 0.542. The third kappa shape index (κ3) is 7.64. The molecule has 2 heteroatoms. The van der Waals surface area contributed by atoms with E-state index in [1.165, 1.54) is 49.2 Å². The highest BCUT2D eigenvalue weighted by molar-refractivity contribution is 7.99. The summed E-state index contributed by atoms with van der Waals surface area (Å²) < 4.78 is 0. The Kier molecular flexibility index (Phi) is 9.92. The van der Waals surface area contributed by atoms with Crippen molar-refractivity contribution in [2.45, 2.75) is 52.0 Å². The Hall–Kier alpha value is -0.470. The summed E-state index contributed by atoms with van der Waals surface area (Å²) in [6.45, 7) is 5.59. The summed E-state index contributed by atoms with van der Waals surface area (Å²) in [4.78, 5) is 0. The lowest BCUT2D eigenvalue weighted by atomic mass is 10.0. The molecule has 0 aliphatic rings. The molecule has 1 rings (SSSR count). The van der Waals surface area contributed by atoms with Crippen LogP contribution in [0.15, 0.2) is 30.3 Å². The summed E-state index contributed by atoms with van der Waals surface area (Å²) in [6, 6.07) is 11.4. The number of unbranched alkanes of at least 4 members (excludes halogenated alkanes) is 2. The molecule has 0 heterocycles. The topological polar surface area (TPSA) is 12.0 Å². The fraction of sp³-hybridized carbons (Fsp3) is 0.647. The maximum Gasteiger partial charge on any atom is 0.0320 e. The van der Waals surface area contributed by atoms with Gasteiger partial charge in [-0.3, -0.25) is 0 Å². The van der Waals surface area contributed by atoms with E-state index in [0.29, 0.717) is 6.04 Å². The van der Waals surface area contributed by atoms with Gasteiger partial charge < -0.3 is 5.32 Å². The molecule has 1 aromatic rings. The van der Waals surface area contributed by atoms with Gasteiger partial charge in [0.05, 0.1) is 0 Å². The minimum absolute atomic E-state index is 0.542. The average molecular weight is 279 g/mol.